The summed E-state index contributed by atoms with van der Waals surface area (Å²) in [5.41, 5.74) is 4.65. The molecule has 0 spiro atoms. The second kappa shape index (κ2) is 6.94. The fraction of sp³-hybridized carbons (Fsp3) is 0.211. The van der Waals surface area contributed by atoms with Crippen molar-refractivity contribution in [3.63, 3.8) is 0 Å². The summed E-state index contributed by atoms with van der Waals surface area (Å²) in [7, 11) is 0. The van der Waals surface area contributed by atoms with Crippen molar-refractivity contribution in [2.45, 2.75) is 20.8 Å². The molecule has 2 aromatic carbocycles. The molecule has 3 heteroatoms. The Morgan fingerprint density at radius 1 is 1.14 bits per heavy atom. The van der Waals surface area contributed by atoms with Gasteiger partial charge in [-0.25, -0.2) is 0 Å². The molecule has 0 aromatic heterocycles. The number of rotatable bonds is 5. The summed E-state index contributed by atoms with van der Waals surface area (Å²) in [6.45, 7) is 10.2. The van der Waals surface area contributed by atoms with Crippen molar-refractivity contribution >= 4 is 11.6 Å². The zero-order valence-corrected chi connectivity index (χ0v) is 13.3. The van der Waals surface area contributed by atoms with E-state index in [-0.39, 0.29) is 5.91 Å². The van der Waals surface area contributed by atoms with Crippen LogP contribution in [0.1, 0.15) is 28.4 Å². The van der Waals surface area contributed by atoms with Crippen molar-refractivity contribution in [1.29, 1.82) is 0 Å². The van der Waals surface area contributed by atoms with Gasteiger partial charge in [0.05, 0.1) is 0 Å². The lowest BCUT2D eigenvalue weighted by molar-refractivity contribution is 0.102. The van der Waals surface area contributed by atoms with Crippen molar-refractivity contribution in [2.24, 2.45) is 0 Å². The van der Waals surface area contributed by atoms with Gasteiger partial charge in [0.25, 0.3) is 5.91 Å². The maximum Gasteiger partial charge on any atom is 0.255 e. The Hall–Kier alpha value is -2.55. The summed E-state index contributed by atoms with van der Waals surface area (Å²) < 4.78 is 5.56. The summed E-state index contributed by atoms with van der Waals surface area (Å²) in [4.78, 5) is 12.3. The van der Waals surface area contributed by atoms with E-state index in [9.17, 15) is 4.79 Å². The molecule has 0 saturated heterocycles. The molecule has 0 atom stereocenters. The molecular weight excluding hydrogens is 274 g/mol. The van der Waals surface area contributed by atoms with E-state index in [4.69, 9.17) is 4.74 Å². The van der Waals surface area contributed by atoms with E-state index in [0.29, 0.717) is 17.9 Å². The maximum absolute atomic E-state index is 12.3. The Balaban J connectivity index is 2.10. The van der Waals surface area contributed by atoms with Crippen LogP contribution in [0, 0.1) is 13.8 Å². The normalized spacial score (nSPS) is 10.1. The third-order valence-electron chi connectivity index (χ3n) is 3.35. The number of amides is 1. The average Bonchev–Trinajstić information content (AvgIpc) is 2.49. The minimum absolute atomic E-state index is 0.149. The highest BCUT2D eigenvalue weighted by molar-refractivity contribution is 6.04. The summed E-state index contributed by atoms with van der Waals surface area (Å²) in [5.74, 6) is 0.514. The van der Waals surface area contributed by atoms with Gasteiger partial charge in [-0.1, -0.05) is 18.7 Å². The second-order valence-electron chi connectivity index (χ2n) is 5.53. The molecule has 0 heterocycles. The van der Waals surface area contributed by atoms with Crippen LogP contribution >= 0.6 is 0 Å². The highest BCUT2D eigenvalue weighted by Gasteiger charge is 2.08. The molecule has 2 aromatic rings. The first-order valence-corrected chi connectivity index (χ1v) is 7.21. The SMILES string of the molecule is C=C(C)COc1cccc(C(=O)Nc2ccc(C)c(C)c2)c1. The standard InChI is InChI=1S/C19H21NO2/c1-13(2)12-22-18-7-5-6-16(11-18)19(21)20-17-9-8-14(3)15(4)10-17/h5-11H,1,12H2,2-4H3,(H,20,21). The molecule has 114 valence electrons. The van der Waals surface area contributed by atoms with Gasteiger partial charge in [-0.3, -0.25) is 4.79 Å². The van der Waals surface area contributed by atoms with Crippen LogP contribution in [0.4, 0.5) is 5.69 Å². The van der Waals surface area contributed by atoms with Crippen molar-refractivity contribution < 1.29 is 9.53 Å². The predicted molar refractivity (Wildman–Crippen MR) is 90.6 cm³/mol. The van der Waals surface area contributed by atoms with E-state index in [2.05, 4.69) is 11.9 Å². The molecule has 0 bridgehead atoms. The first kappa shape index (κ1) is 15.8. The van der Waals surface area contributed by atoms with Gasteiger partial charge in [0.15, 0.2) is 0 Å². The molecule has 0 unspecified atom stereocenters. The van der Waals surface area contributed by atoms with Crippen LogP contribution < -0.4 is 10.1 Å². The van der Waals surface area contributed by atoms with E-state index >= 15 is 0 Å². The maximum atomic E-state index is 12.3. The van der Waals surface area contributed by atoms with E-state index in [1.165, 1.54) is 5.56 Å². The number of carbonyl (C=O) groups is 1. The number of hydrogen-bond donors (Lipinski definition) is 1. The molecular formula is C19H21NO2. The Labute approximate surface area is 131 Å². The van der Waals surface area contributed by atoms with Gasteiger partial charge >= 0.3 is 0 Å². The van der Waals surface area contributed by atoms with Gasteiger partial charge in [0.2, 0.25) is 0 Å². The summed E-state index contributed by atoms with van der Waals surface area (Å²) in [6.07, 6.45) is 0. The number of benzene rings is 2. The smallest absolute Gasteiger partial charge is 0.255 e. The molecule has 1 N–H and O–H groups in total. The zero-order valence-electron chi connectivity index (χ0n) is 13.3. The van der Waals surface area contributed by atoms with Gasteiger partial charge in [-0.2, -0.15) is 0 Å². The molecule has 0 aliphatic heterocycles. The molecule has 3 nitrogen and oxygen atoms in total. The van der Waals surface area contributed by atoms with E-state index in [0.717, 1.165) is 16.8 Å². The molecule has 0 fully saturated rings. The van der Waals surface area contributed by atoms with Gasteiger partial charge in [-0.15, -0.1) is 0 Å². The number of nitrogens with one attached hydrogen (secondary N) is 1. The lowest BCUT2D eigenvalue weighted by Crippen LogP contribution is -2.12. The van der Waals surface area contributed by atoms with Crippen molar-refractivity contribution in [3.05, 3.63) is 71.3 Å². The molecule has 22 heavy (non-hydrogen) atoms. The van der Waals surface area contributed by atoms with Crippen LogP contribution in [0.2, 0.25) is 0 Å². The van der Waals surface area contributed by atoms with Crippen LogP contribution in [0.25, 0.3) is 0 Å². The van der Waals surface area contributed by atoms with Crippen molar-refractivity contribution in [3.8, 4) is 5.75 Å². The summed E-state index contributed by atoms with van der Waals surface area (Å²) in [6, 6.07) is 13.0. The predicted octanol–water partition coefficient (Wildman–Crippen LogP) is 4.51. The summed E-state index contributed by atoms with van der Waals surface area (Å²) >= 11 is 0. The van der Waals surface area contributed by atoms with E-state index < -0.39 is 0 Å². The van der Waals surface area contributed by atoms with Gasteiger partial charge < -0.3 is 10.1 Å². The third-order valence-corrected chi connectivity index (χ3v) is 3.35. The highest BCUT2D eigenvalue weighted by atomic mass is 16.5. The highest BCUT2D eigenvalue weighted by Crippen LogP contribution is 2.18. The molecule has 1 amide bonds. The lowest BCUT2D eigenvalue weighted by atomic mass is 10.1. The first-order chi connectivity index (χ1) is 10.5. The average molecular weight is 295 g/mol. The fourth-order valence-corrected chi connectivity index (χ4v) is 1.96. The van der Waals surface area contributed by atoms with Crippen LogP contribution in [-0.2, 0) is 0 Å². The number of anilines is 1. The largest absolute Gasteiger partial charge is 0.489 e. The van der Waals surface area contributed by atoms with Crippen LogP contribution in [0.5, 0.6) is 5.75 Å². The number of carbonyl (C=O) groups excluding carboxylic acids is 1. The Morgan fingerprint density at radius 2 is 1.91 bits per heavy atom. The molecule has 0 aliphatic rings. The van der Waals surface area contributed by atoms with Crippen LogP contribution in [-0.4, -0.2) is 12.5 Å². The monoisotopic (exact) mass is 295 g/mol. The Morgan fingerprint density at radius 3 is 2.59 bits per heavy atom. The number of hydrogen-bond acceptors (Lipinski definition) is 2. The second-order valence-corrected chi connectivity index (χ2v) is 5.53. The number of ether oxygens (including phenoxy) is 1. The Kier molecular flexibility index (Phi) is 4.99. The van der Waals surface area contributed by atoms with Crippen molar-refractivity contribution in [1.82, 2.24) is 0 Å². The molecule has 0 aliphatic carbocycles. The minimum Gasteiger partial charge on any atom is -0.489 e. The zero-order chi connectivity index (χ0) is 16.1. The third kappa shape index (κ3) is 4.22. The van der Waals surface area contributed by atoms with Crippen LogP contribution in [0.3, 0.4) is 0 Å². The van der Waals surface area contributed by atoms with Crippen LogP contribution in [0.15, 0.2) is 54.6 Å². The topological polar surface area (TPSA) is 38.3 Å². The van der Waals surface area contributed by atoms with Gasteiger partial charge in [0, 0.05) is 11.3 Å². The number of aryl methyl sites for hydroxylation is 2. The molecule has 2 rings (SSSR count). The van der Waals surface area contributed by atoms with Gasteiger partial charge in [-0.05, 0) is 67.8 Å². The Bertz CT molecular complexity index is 704. The fourth-order valence-electron chi connectivity index (χ4n) is 1.96. The summed E-state index contributed by atoms with van der Waals surface area (Å²) in [5, 5.41) is 2.91. The van der Waals surface area contributed by atoms with Gasteiger partial charge in [0.1, 0.15) is 12.4 Å². The van der Waals surface area contributed by atoms with Crippen molar-refractivity contribution in [2.75, 3.05) is 11.9 Å². The van der Waals surface area contributed by atoms with E-state index in [1.807, 2.05) is 51.1 Å². The molecule has 0 radical (unpaired) electrons. The van der Waals surface area contributed by atoms with E-state index in [1.54, 1.807) is 12.1 Å². The minimum atomic E-state index is -0.149. The quantitative estimate of drug-likeness (QED) is 0.824. The lowest BCUT2D eigenvalue weighted by Gasteiger charge is -2.10. The first-order valence-electron chi connectivity index (χ1n) is 7.21. The molecule has 0 saturated carbocycles.